The molecule has 15 heavy (non-hydrogen) atoms. The molecule has 88 valence electrons. The van der Waals surface area contributed by atoms with Crippen LogP contribution in [-0.4, -0.2) is 0 Å². The topological polar surface area (TPSA) is 0 Å². The standard InChI is InChI=1S/C13H22.C2H6/c1-6-9-10-11-12(4)13(5,7-2)8-3;1-2/h6,9-11H,1,7-8H2,2-5H3;1-2H3/b10-9-,12-11+;. The summed E-state index contributed by atoms with van der Waals surface area (Å²) in [5.74, 6) is 0. The first kappa shape index (κ1) is 16.6. The van der Waals surface area contributed by atoms with E-state index in [9.17, 15) is 0 Å². The summed E-state index contributed by atoms with van der Waals surface area (Å²) in [5, 5.41) is 0. The molecule has 0 aromatic heterocycles. The first-order valence-corrected chi connectivity index (χ1v) is 6.07. The number of allylic oxidation sites excluding steroid dienone is 5. The largest absolute Gasteiger partial charge is 0.0991 e. The number of hydrogen-bond donors (Lipinski definition) is 0. The van der Waals surface area contributed by atoms with Gasteiger partial charge in [0.2, 0.25) is 0 Å². The summed E-state index contributed by atoms with van der Waals surface area (Å²) in [6.45, 7) is 16.7. The molecule has 0 N–H and O–H groups in total. The Bertz CT molecular complexity index is 202. The van der Waals surface area contributed by atoms with Crippen molar-refractivity contribution in [2.45, 2.75) is 54.4 Å². The molecule has 0 atom stereocenters. The van der Waals surface area contributed by atoms with Crippen LogP contribution in [0.1, 0.15) is 54.4 Å². The Labute approximate surface area is 96.8 Å². The van der Waals surface area contributed by atoms with Gasteiger partial charge in [0.15, 0.2) is 0 Å². The first-order valence-electron chi connectivity index (χ1n) is 6.07. The van der Waals surface area contributed by atoms with Gasteiger partial charge in [0.1, 0.15) is 0 Å². The second-order valence-electron chi connectivity index (χ2n) is 3.74. The maximum absolute atomic E-state index is 3.64. The van der Waals surface area contributed by atoms with Gasteiger partial charge in [-0.3, -0.25) is 0 Å². The van der Waals surface area contributed by atoms with Gasteiger partial charge in [-0.15, -0.1) is 0 Å². The Hall–Kier alpha value is -0.780. The van der Waals surface area contributed by atoms with Gasteiger partial charge in [-0.2, -0.15) is 0 Å². The second-order valence-corrected chi connectivity index (χ2v) is 3.74. The lowest BCUT2D eigenvalue weighted by molar-refractivity contribution is 0.368. The van der Waals surface area contributed by atoms with Crippen LogP contribution in [-0.2, 0) is 0 Å². The minimum Gasteiger partial charge on any atom is -0.0991 e. The van der Waals surface area contributed by atoms with Crippen molar-refractivity contribution >= 4 is 0 Å². The molecule has 0 fully saturated rings. The van der Waals surface area contributed by atoms with Crippen LogP contribution in [0.5, 0.6) is 0 Å². The zero-order chi connectivity index (χ0) is 12.3. The third-order valence-corrected chi connectivity index (χ3v) is 3.11. The Morgan fingerprint density at radius 1 is 1.13 bits per heavy atom. The molecule has 0 aromatic rings. The molecule has 0 aromatic carbocycles. The second kappa shape index (κ2) is 9.76. The number of hydrogen-bond acceptors (Lipinski definition) is 0. The zero-order valence-corrected chi connectivity index (χ0v) is 11.4. The quantitative estimate of drug-likeness (QED) is 0.521. The van der Waals surface area contributed by atoms with Gasteiger partial charge in [0.05, 0.1) is 0 Å². The lowest BCUT2D eigenvalue weighted by Gasteiger charge is -2.27. The monoisotopic (exact) mass is 208 g/mol. The molecule has 0 unspecified atom stereocenters. The van der Waals surface area contributed by atoms with Gasteiger partial charge < -0.3 is 0 Å². The summed E-state index contributed by atoms with van der Waals surface area (Å²) in [6.07, 6.45) is 10.4. The summed E-state index contributed by atoms with van der Waals surface area (Å²) in [6, 6.07) is 0. The average molecular weight is 208 g/mol. The molecule has 0 bridgehead atoms. The molecular weight excluding hydrogens is 180 g/mol. The maximum Gasteiger partial charge on any atom is -0.0121 e. The SMILES string of the molecule is C=C/C=C\C=C(/C)C(C)(CC)CC.CC. The van der Waals surface area contributed by atoms with E-state index in [1.165, 1.54) is 18.4 Å². The van der Waals surface area contributed by atoms with Crippen molar-refractivity contribution in [3.05, 3.63) is 36.5 Å². The predicted octanol–water partition coefficient (Wildman–Crippen LogP) is 5.53. The van der Waals surface area contributed by atoms with Crippen molar-refractivity contribution in [2.75, 3.05) is 0 Å². The van der Waals surface area contributed by atoms with Gasteiger partial charge in [-0.05, 0) is 25.2 Å². The van der Waals surface area contributed by atoms with Crippen LogP contribution in [0, 0.1) is 5.41 Å². The summed E-state index contributed by atoms with van der Waals surface area (Å²) >= 11 is 0. The minimum absolute atomic E-state index is 0.367. The molecule has 0 amide bonds. The van der Waals surface area contributed by atoms with Gasteiger partial charge in [0.25, 0.3) is 0 Å². The van der Waals surface area contributed by atoms with Crippen LogP contribution >= 0.6 is 0 Å². The van der Waals surface area contributed by atoms with E-state index >= 15 is 0 Å². The minimum atomic E-state index is 0.367. The van der Waals surface area contributed by atoms with Crippen LogP contribution in [0.25, 0.3) is 0 Å². The molecule has 0 heteroatoms. The average Bonchev–Trinajstić information content (AvgIpc) is 2.30. The van der Waals surface area contributed by atoms with Crippen LogP contribution in [0.4, 0.5) is 0 Å². The van der Waals surface area contributed by atoms with Crippen LogP contribution < -0.4 is 0 Å². The Kier molecular flexibility index (Phi) is 10.8. The third kappa shape index (κ3) is 6.33. The normalized spacial score (nSPS) is 12.3. The highest BCUT2D eigenvalue weighted by atomic mass is 14.3. The molecule has 0 spiro atoms. The molecule has 0 radical (unpaired) electrons. The first-order chi connectivity index (χ1) is 7.10. The van der Waals surface area contributed by atoms with Crippen molar-refractivity contribution in [3.8, 4) is 0 Å². The van der Waals surface area contributed by atoms with Crippen molar-refractivity contribution in [1.82, 2.24) is 0 Å². The van der Waals surface area contributed by atoms with Gasteiger partial charge in [-0.25, -0.2) is 0 Å². The highest BCUT2D eigenvalue weighted by molar-refractivity contribution is 5.19. The Morgan fingerprint density at radius 3 is 1.93 bits per heavy atom. The van der Waals surface area contributed by atoms with E-state index in [1.807, 2.05) is 19.9 Å². The summed E-state index contributed by atoms with van der Waals surface area (Å²) in [7, 11) is 0. The lowest BCUT2D eigenvalue weighted by Crippen LogP contribution is -2.14. The lowest BCUT2D eigenvalue weighted by atomic mass is 9.78. The van der Waals surface area contributed by atoms with E-state index in [1.54, 1.807) is 6.08 Å². The van der Waals surface area contributed by atoms with Crippen molar-refractivity contribution < 1.29 is 0 Å². The molecular formula is C15H28. The fourth-order valence-corrected chi connectivity index (χ4v) is 1.29. The Morgan fingerprint density at radius 2 is 1.60 bits per heavy atom. The fourth-order valence-electron chi connectivity index (χ4n) is 1.29. The van der Waals surface area contributed by atoms with Crippen molar-refractivity contribution in [1.29, 1.82) is 0 Å². The highest BCUT2D eigenvalue weighted by Crippen LogP contribution is 2.33. The molecule has 0 nitrogen and oxygen atoms in total. The van der Waals surface area contributed by atoms with E-state index in [0.717, 1.165) is 0 Å². The van der Waals surface area contributed by atoms with Crippen LogP contribution in [0.15, 0.2) is 36.5 Å². The molecule has 0 aliphatic carbocycles. The van der Waals surface area contributed by atoms with E-state index < -0.39 is 0 Å². The van der Waals surface area contributed by atoms with Crippen molar-refractivity contribution in [2.24, 2.45) is 5.41 Å². The number of rotatable bonds is 5. The van der Waals surface area contributed by atoms with Crippen molar-refractivity contribution in [3.63, 3.8) is 0 Å². The summed E-state index contributed by atoms with van der Waals surface area (Å²) in [5.41, 5.74) is 1.82. The molecule has 0 saturated heterocycles. The van der Waals surface area contributed by atoms with Crippen LogP contribution in [0.2, 0.25) is 0 Å². The van der Waals surface area contributed by atoms with Gasteiger partial charge >= 0.3 is 0 Å². The van der Waals surface area contributed by atoms with E-state index in [-0.39, 0.29) is 0 Å². The molecule has 0 aliphatic rings. The summed E-state index contributed by atoms with van der Waals surface area (Å²) < 4.78 is 0. The molecule has 0 aliphatic heterocycles. The maximum atomic E-state index is 3.64. The van der Waals surface area contributed by atoms with Gasteiger partial charge in [-0.1, -0.05) is 71.1 Å². The molecule has 0 saturated carbocycles. The van der Waals surface area contributed by atoms with E-state index in [2.05, 4.69) is 46.4 Å². The third-order valence-electron chi connectivity index (χ3n) is 3.11. The fraction of sp³-hybridized carbons (Fsp3) is 0.600. The molecule has 0 heterocycles. The Balaban J connectivity index is 0. The van der Waals surface area contributed by atoms with E-state index in [0.29, 0.717) is 5.41 Å². The summed E-state index contributed by atoms with van der Waals surface area (Å²) in [4.78, 5) is 0. The predicted molar refractivity (Wildman–Crippen MR) is 73.1 cm³/mol. The van der Waals surface area contributed by atoms with E-state index in [4.69, 9.17) is 0 Å². The molecule has 0 rings (SSSR count). The zero-order valence-electron chi connectivity index (χ0n) is 11.4. The smallest absolute Gasteiger partial charge is 0.0121 e. The van der Waals surface area contributed by atoms with Gasteiger partial charge in [0, 0.05) is 0 Å². The highest BCUT2D eigenvalue weighted by Gasteiger charge is 2.20. The van der Waals surface area contributed by atoms with Crippen LogP contribution in [0.3, 0.4) is 0 Å².